The van der Waals surface area contributed by atoms with E-state index in [1.807, 2.05) is 18.2 Å². The minimum Gasteiger partial charge on any atom is -0.497 e. The molecule has 0 atom stereocenters. The van der Waals surface area contributed by atoms with Crippen molar-refractivity contribution in [2.75, 3.05) is 13.9 Å². The second-order valence-electron chi connectivity index (χ2n) is 4.52. The average Bonchev–Trinajstić information content (AvgIpc) is 2.95. The van der Waals surface area contributed by atoms with Gasteiger partial charge in [0.15, 0.2) is 11.5 Å². The lowest BCUT2D eigenvalue weighted by Crippen LogP contribution is -2.11. The summed E-state index contributed by atoms with van der Waals surface area (Å²) in [6.07, 6.45) is 0.172. The molecule has 21 heavy (non-hydrogen) atoms. The lowest BCUT2D eigenvalue weighted by Gasteiger charge is -2.06. The summed E-state index contributed by atoms with van der Waals surface area (Å²) in [5.41, 5.74) is 0.833. The van der Waals surface area contributed by atoms with Crippen LogP contribution >= 0.6 is 0 Å². The smallest absolute Gasteiger partial charge is 0.315 e. The number of hydrogen-bond donors (Lipinski definition) is 0. The van der Waals surface area contributed by atoms with Crippen LogP contribution in [-0.2, 0) is 11.2 Å². The molecule has 5 nitrogen and oxygen atoms in total. The highest BCUT2D eigenvalue weighted by atomic mass is 16.7. The Bertz CT molecular complexity index is 665. The number of hydrogen-bond acceptors (Lipinski definition) is 5. The maximum atomic E-state index is 11.9. The van der Waals surface area contributed by atoms with Gasteiger partial charge in [-0.25, -0.2) is 0 Å². The summed E-state index contributed by atoms with van der Waals surface area (Å²) in [5, 5.41) is 0. The Balaban J connectivity index is 1.66. The van der Waals surface area contributed by atoms with E-state index in [1.165, 1.54) is 0 Å². The summed E-state index contributed by atoms with van der Waals surface area (Å²) >= 11 is 0. The van der Waals surface area contributed by atoms with Gasteiger partial charge in [-0.15, -0.1) is 0 Å². The average molecular weight is 286 g/mol. The monoisotopic (exact) mass is 286 g/mol. The van der Waals surface area contributed by atoms with Gasteiger partial charge in [-0.1, -0.05) is 12.1 Å². The second kappa shape index (κ2) is 5.75. The number of carbonyl (C=O) groups excluding carboxylic acids is 1. The second-order valence-corrected chi connectivity index (χ2v) is 4.52. The van der Waals surface area contributed by atoms with Crippen LogP contribution < -0.4 is 18.9 Å². The first-order chi connectivity index (χ1) is 10.2. The molecule has 0 aliphatic carbocycles. The van der Waals surface area contributed by atoms with Crippen molar-refractivity contribution in [1.29, 1.82) is 0 Å². The molecule has 0 N–H and O–H groups in total. The van der Waals surface area contributed by atoms with E-state index in [2.05, 4.69) is 0 Å². The van der Waals surface area contributed by atoms with E-state index in [-0.39, 0.29) is 19.2 Å². The Morgan fingerprint density at radius 2 is 1.95 bits per heavy atom. The molecule has 3 rings (SSSR count). The van der Waals surface area contributed by atoms with Gasteiger partial charge in [0.05, 0.1) is 13.5 Å². The van der Waals surface area contributed by atoms with Crippen LogP contribution in [0.2, 0.25) is 0 Å². The van der Waals surface area contributed by atoms with Crippen LogP contribution in [-0.4, -0.2) is 19.9 Å². The van der Waals surface area contributed by atoms with Crippen LogP contribution in [0, 0.1) is 0 Å². The van der Waals surface area contributed by atoms with Crippen molar-refractivity contribution in [3.8, 4) is 23.0 Å². The van der Waals surface area contributed by atoms with Crippen LogP contribution in [0.4, 0.5) is 0 Å². The Morgan fingerprint density at radius 1 is 1.10 bits per heavy atom. The van der Waals surface area contributed by atoms with E-state index in [0.717, 1.165) is 5.56 Å². The lowest BCUT2D eigenvalue weighted by atomic mass is 10.1. The van der Waals surface area contributed by atoms with Crippen LogP contribution in [0.1, 0.15) is 5.56 Å². The van der Waals surface area contributed by atoms with Crippen LogP contribution in [0.5, 0.6) is 23.0 Å². The molecule has 1 aliphatic heterocycles. The third-order valence-electron chi connectivity index (χ3n) is 3.06. The van der Waals surface area contributed by atoms with Crippen molar-refractivity contribution >= 4 is 5.97 Å². The minimum atomic E-state index is -0.345. The highest BCUT2D eigenvalue weighted by molar-refractivity contribution is 5.75. The largest absolute Gasteiger partial charge is 0.497 e. The van der Waals surface area contributed by atoms with Crippen molar-refractivity contribution in [2.24, 2.45) is 0 Å². The molecule has 0 saturated carbocycles. The molecule has 0 bridgehead atoms. The van der Waals surface area contributed by atoms with Crippen molar-refractivity contribution < 1.29 is 23.7 Å². The number of fused-ring (bicyclic) bond motifs is 1. The Labute approximate surface area is 122 Å². The number of esters is 1. The van der Waals surface area contributed by atoms with Gasteiger partial charge in [0.1, 0.15) is 11.5 Å². The zero-order chi connectivity index (χ0) is 14.7. The van der Waals surface area contributed by atoms with Crippen molar-refractivity contribution in [3.05, 3.63) is 48.0 Å². The molecule has 2 aromatic carbocycles. The lowest BCUT2D eigenvalue weighted by molar-refractivity contribution is -0.133. The molecule has 108 valence electrons. The summed E-state index contributed by atoms with van der Waals surface area (Å²) < 4.78 is 20.9. The van der Waals surface area contributed by atoms with Crippen LogP contribution in [0.3, 0.4) is 0 Å². The van der Waals surface area contributed by atoms with Crippen molar-refractivity contribution in [1.82, 2.24) is 0 Å². The molecule has 0 spiro atoms. The SMILES string of the molecule is COc1cccc(CC(=O)Oc2ccc3c(c2)OCO3)c1. The Kier molecular flexibility index (Phi) is 3.64. The van der Waals surface area contributed by atoms with Crippen molar-refractivity contribution in [3.63, 3.8) is 0 Å². The molecular weight excluding hydrogens is 272 g/mol. The van der Waals surface area contributed by atoms with Gasteiger partial charge in [0.25, 0.3) is 0 Å². The molecule has 1 heterocycles. The molecule has 0 amide bonds. The molecule has 0 aromatic heterocycles. The maximum Gasteiger partial charge on any atom is 0.315 e. The zero-order valence-corrected chi connectivity index (χ0v) is 11.5. The van der Waals surface area contributed by atoms with Crippen LogP contribution in [0.15, 0.2) is 42.5 Å². The summed E-state index contributed by atoms with van der Waals surface area (Å²) in [6.45, 7) is 0.191. The zero-order valence-electron chi connectivity index (χ0n) is 11.5. The van der Waals surface area contributed by atoms with Gasteiger partial charge in [-0.3, -0.25) is 4.79 Å². The molecule has 0 radical (unpaired) electrons. The highest BCUT2D eigenvalue weighted by Crippen LogP contribution is 2.35. The van der Waals surface area contributed by atoms with E-state index >= 15 is 0 Å². The molecule has 0 saturated heterocycles. The van der Waals surface area contributed by atoms with Gasteiger partial charge in [-0.05, 0) is 29.8 Å². The van der Waals surface area contributed by atoms with Gasteiger partial charge < -0.3 is 18.9 Å². The summed E-state index contributed by atoms with van der Waals surface area (Å²) in [7, 11) is 1.59. The molecule has 1 aliphatic rings. The summed E-state index contributed by atoms with van der Waals surface area (Å²) in [6, 6.07) is 12.4. The number of methoxy groups -OCH3 is 1. The molecule has 5 heteroatoms. The fourth-order valence-corrected chi connectivity index (χ4v) is 2.06. The fraction of sp³-hybridized carbons (Fsp3) is 0.188. The molecular formula is C16H14O5. The predicted molar refractivity (Wildman–Crippen MR) is 74.9 cm³/mol. The number of benzene rings is 2. The maximum absolute atomic E-state index is 11.9. The van der Waals surface area contributed by atoms with Gasteiger partial charge in [-0.2, -0.15) is 0 Å². The van der Waals surface area contributed by atoms with Gasteiger partial charge >= 0.3 is 5.97 Å². The normalized spacial score (nSPS) is 12.0. The quantitative estimate of drug-likeness (QED) is 0.638. The first kappa shape index (κ1) is 13.3. The standard InChI is InChI=1S/C16H14O5/c1-18-12-4-2-3-11(7-12)8-16(17)21-13-5-6-14-15(9-13)20-10-19-14/h2-7,9H,8,10H2,1H3. The Morgan fingerprint density at radius 3 is 2.81 bits per heavy atom. The summed E-state index contributed by atoms with van der Waals surface area (Å²) in [4.78, 5) is 11.9. The predicted octanol–water partition coefficient (Wildman–Crippen LogP) is 2.57. The highest BCUT2D eigenvalue weighted by Gasteiger charge is 2.15. The van der Waals surface area contributed by atoms with E-state index < -0.39 is 0 Å². The molecule has 0 unspecified atom stereocenters. The topological polar surface area (TPSA) is 54.0 Å². The van der Waals surface area contributed by atoms with E-state index in [0.29, 0.717) is 23.0 Å². The van der Waals surface area contributed by atoms with Gasteiger partial charge in [0.2, 0.25) is 6.79 Å². The third kappa shape index (κ3) is 3.08. The number of ether oxygens (including phenoxy) is 4. The fourth-order valence-electron chi connectivity index (χ4n) is 2.06. The molecule has 2 aromatic rings. The first-order valence-electron chi connectivity index (χ1n) is 6.48. The minimum absolute atomic E-state index is 0.172. The van der Waals surface area contributed by atoms with Crippen molar-refractivity contribution in [2.45, 2.75) is 6.42 Å². The number of carbonyl (C=O) groups is 1. The van der Waals surface area contributed by atoms with Crippen LogP contribution in [0.25, 0.3) is 0 Å². The third-order valence-corrected chi connectivity index (χ3v) is 3.06. The Hall–Kier alpha value is -2.69. The number of rotatable bonds is 4. The van der Waals surface area contributed by atoms with E-state index in [1.54, 1.807) is 31.4 Å². The van der Waals surface area contributed by atoms with E-state index in [9.17, 15) is 4.79 Å². The van der Waals surface area contributed by atoms with E-state index in [4.69, 9.17) is 18.9 Å². The molecule has 0 fully saturated rings. The van der Waals surface area contributed by atoms with Gasteiger partial charge in [0, 0.05) is 6.07 Å². The summed E-state index contributed by atoms with van der Waals surface area (Å²) in [5.74, 6) is 2.04. The first-order valence-corrected chi connectivity index (χ1v) is 6.48.